The van der Waals surface area contributed by atoms with Gasteiger partial charge in [0.05, 0.1) is 0 Å². The first-order valence-corrected chi connectivity index (χ1v) is 19.4. The van der Waals surface area contributed by atoms with Crippen LogP contribution < -0.4 is 0 Å². The maximum absolute atomic E-state index is 13.2. The van der Waals surface area contributed by atoms with Crippen LogP contribution in [0.5, 0.6) is 0 Å². The molecule has 2 aliphatic carbocycles. The maximum atomic E-state index is 13.2. The average molecular weight is 877 g/mol. The van der Waals surface area contributed by atoms with Crippen molar-refractivity contribution >= 4 is 125 Å². The fourth-order valence-corrected chi connectivity index (χ4v) is 10.1. The summed E-state index contributed by atoms with van der Waals surface area (Å²) in [7, 11) is 0. The van der Waals surface area contributed by atoms with Gasteiger partial charge in [0.15, 0.2) is 11.6 Å². The lowest BCUT2D eigenvalue weighted by molar-refractivity contribution is 0.103. The quantitative estimate of drug-likeness (QED) is 0.152. The molecule has 0 N–H and O–H groups in total. The zero-order valence-electron chi connectivity index (χ0n) is 27.4. The van der Waals surface area contributed by atoms with Gasteiger partial charge in [0.1, 0.15) is 22.3 Å². The van der Waals surface area contributed by atoms with Gasteiger partial charge in [-0.05, 0) is 79.9 Å². The van der Waals surface area contributed by atoms with Crippen LogP contribution in [-0.2, 0) is 0 Å². The SMILES string of the molecule is O=C1c2cc(Br)c3ccccc3c2-c2c1cc(Br)c1c2oc2ccccc21.O=C1c2cc(Br)c3ccccc3c2-c2c1ccc1c2oc2ccccc21. The molecule has 0 saturated heterocycles. The van der Waals surface area contributed by atoms with E-state index < -0.39 is 0 Å². The number of hydrogen-bond acceptors (Lipinski definition) is 4. The topological polar surface area (TPSA) is 60.4 Å². The standard InChI is InChI=1S/C23H10Br2O2.C23H11BrO2/c24-16-9-14-19(12-6-2-1-5-11(12)16)21-15(22(14)26)10-17(25)20-13-7-3-4-8-18(13)27-23(20)21;24-18-11-17-20(14-7-2-1-5-12(14)18)21-16(22(17)25)10-9-15-13-6-3-4-8-19(13)26-23(15)21/h1-10H;1-11H. The Morgan fingerprint density at radius 3 is 1.42 bits per heavy atom. The summed E-state index contributed by atoms with van der Waals surface area (Å²) < 4.78 is 15.2. The Morgan fingerprint density at radius 1 is 0.358 bits per heavy atom. The van der Waals surface area contributed by atoms with Gasteiger partial charge in [-0.1, -0.05) is 117 Å². The van der Waals surface area contributed by atoms with E-state index in [9.17, 15) is 9.59 Å². The van der Waals surface area contributed by atoms with E-state index in [0.29, 0.717) is 5.56 Å². The predicted molar refractivity (Wildman–Crippen MR) is 223 cm³/mol. The van der Waals surface area contributed by atoms with Gasteiger partial charge in [-0.25, -0.2) is 0 Å². The van der Waals surface area contributed by atoms with Crippen molar-refractivity contribution in [1.29, 1.82) is 0 Å². The molecule has 250 valence electrons. The van der Waals surface area contributed by atoms with Crippen molar-refractivity contribution in [1.82, 2.24) is 0 Å². The molecule has 0 unspecified atom stereocenters. The molecule has 0 aliphatic heterocycles. The van der Waals surface area contributed by atoms with E-state index in [4.69, 9.17) is 8.83 Å². The number of fused-ring (bicyclic) bond motifs is 18. The van der Waals surface area contributed by atoms with Crippen LogP contribution in [0.25, 0.3) is 87.7 Å². The van der Waals surface area contributed by atoms with E-state index in [2.05, 4.69) is 84.2 Å². The highest BCUT2D eigenvalue weighted by Crippen LogP contribution is 2.51. The number of carbonyl (C=O) groups excluding carboxylic acids is 2. The van der Waals surface area contributed by atoms with Crippen molar-refractivity contribution in [3.63, 3.8) is 0 Å². The molecule has 0 fully saturated rings. The van der Waals surface area contributed by atoms with E-state index in [1.54, 1.807) is 0 Å². The predicted octanol–water partition coefficient (Wildman–Crippen LogP) is 14.2. The number of para-hydroxylation sites is 2. The molecule has 8 aromatic carbocycles. The molecule has 0 bridgehead atoms. The highest BCUT2D eigenvalue weighted by atomic mass is 79.9. The largest absolute Gasteiger partial charge is 0.455 e. The second-order valence-electron chi connectivity index (χ2n) is 13.4. The van der Waals surface area contributed by atoms with Crippen LogP contribution in [0.1, 0.15) is 31.8 Å². The van der Waals surface area contributed by atoms with E-state index in [-0.39, 0.29) is 11.6 Å². The Hall–Kier alpha value is -5.34. The van der Waals surface area contributed by atoms with Crippen LogP contribution >= 0.6 is 47.8 Å². The van der Waals surface area contributed by atoms with Crippen molar-refractivity contribution in [3.8, 4) is 22.3 Å². The zero-order chi connectivity index (χ0) is 35.7. The van der Waals surface area contributed by atoms with Crippen LogP contribution in [0.15, 0.2) is 150 Å². The van der Waals surface area contributed by atoms with Gasteiger partial charge in [0.25, 0.3) is 0 Å². The van der Waals surface area contributed by atoms with Crippen molar-refractivity contribution in [3.05, 3.63) is 163 Å². The number of furan rings is 2. The highest BCUT2D eigenvalue weighted by Gasteiger charge is 2.35. The Labute approximate surface area is 326 Å². The third-order valence-electron chi connectivity index (χ3n) is 10.6. The fraction of sp³-hybridized carbons (Fsp3) is 0. The van der Waals surface area contributed by atoms with Crippen LogP contribution in [0, 0.1) is 0 Å². The molecule has 10 aromatic rings. The summed E-state index contributed by atoms with van der Waals surface area (Å²) in [5.41, 5.74) is 9.84. The third-order valence-corrected chi connectivity index (χ3v) is 12.6. The molecule has 0 radical (unpaired) electrons. The fourth-order valence-electron chi connectivity index (χ4n) is 8.35. The molecule has 0 amide bonds. The second kappa shape index (κ2) is 11.3. The van der Waals surface area contributed by atoms with Crippen molar-refractivity contribution in [2.75, 3.05) is 0 Å². The molecular formula is C46H21Br3O4. The van der Waals surface area contributed by atoms with Gasteiger partial charge in [-0.3, -0.25) is 9.59 Å². The lowest BCUT2D eigenvalue weighted by atomic mass is 9.96. The monoisotopic (exact) mass is 874 g/mol. The number of benzene rings is 8. The van der Waals surface area contributed by atoms with Crippen molar-refractivity contribution < 1.29 is 18.4 Å². The van der Waals surface area contributed by atoms with E-state index in [1.165, 1.54) is 0 Å². The van der Waals surface area contributed by atoms with Crippen LogP contribution in [0.4, 0.5) is 0 Å². The average Bonchev–Trinajstić information content (AvgIpc) is 3.91. The first kappa shape index (κ1) is 31.2. The summed E-state index contributed by atoms with van der Waals surface area (Å²) in [4.78, 5) is 26.3. The Morgan fingerprint density at radius 2 is 0.792 bits per heavy atom. The Bertz CT molecular complexity index is 3310. The summed E-state index contributed by atoms with van der Waals surface area (Å²) in [5.74, 6) is 0.0957. The van der Waals surface area contributed by atoms with Gasteiger partial charge in [0, 0.05) is 79.5 Å². The molecule has 4 nitrogen and oxygen atoms in total. The second-order valence-corrected chi connectivity index (χ2v) is 15.9. The molecule has 0 spiro atoms. The molecule has 53 heavy (non-hydrogen) atoms. The van der Waals surface area contributed by atoms with Crippen molar-refractivity contribution in [2.45, 2.75) is 0 Å². The number of ketones is 2. The number of carbonyl (C=O) groups is 2. The number of halogens is 3. The summed E-state index contributed by atoms with van der Waals surface area (Å²) in [6.45, 7) is 0. The van der Waals surface area contributed by atoms with Crippen molar-refractivity contribution in [2.24, 2.45) is 0 Å². The van der Waals surface area contributed by atoms with Gasteiger partial charge >= 0.3 is 0 Å². The Balaban J connectivity index is 0.000000125. The summed E-state index contributed by atoms with van der Waals surface area (Å²) >= 11 is 10.9. The molecule has 0 atom stereocenters. The summed E-state index contributed by atoms with van der Waals surface area (Å²) in [5, 5.41) is 8.49. The molecular weight excluding hydrogens is 856 g/mol. The van der Waals surface area contributed by atoms with Crippen LogP contribution in [0.2, 0.25) is 0 Å². The normalized spacial score (nSPS) is 12.9. The number of rotatable bonds is 0. The molecule has 12 rings (SSSR count). The third kappa shape index (κ3) is 4.27. The first-order valence-electron chi connectivity index (χ1n) is 17.0. The molecule has 2 heterocycles. The lowest BCUT2D eigenvalue weighted by Gasteiger charge is -2.08. The highest BCUT2D eigenvalue weighted by molar-refractivity contribution is 9.11. The van der Waals surface area contributed by atoms with Gasteiger partial charge in [-0.2, -0.15) is 0 Å². The van der Waals surface area contributed by atoms with E-state index in [1.807, 2.05) is 91.0 Å². The van der Waals surface area contributed by atoms with Gasteiger partial charge < -0.3 is 8.83 Å². The minimum Gasteiger partial charge on any atom is -0.455 e. The summed E-state index contributed by atoms with van der Waals surface area (Å²) in [6, 6.07) is 42.0. The van der Waals surface area contributed by atoms with E-state index >= 15 is 0 Å². The molecule has 2 aliphatic rings. The molecule has 7 heteroatoms. The smallest absolute Gasteiger partial charge is 0.194 e. The Kier molecular flexibility index (Phi) is 6.67. The van der Waals surface area contributed by atoms with Crippen LogP contribution in [0.3, 0.4) is 0 Å². The van der Waals surface area contributed by atoms with E-state index in [0.717, 1.165) is 118 Å². The summed E-state index contributed by atoms with van der Waals surface area (Å²) in [6.07, 6.45) is 0. The minimum absolute atomic E-state index is 0.0366. The first-order chi connectivity index (χ1) is 25.9. The zero-order valence-corrected chi connectivity index (χ0v) is 32.1. The van der Waals surface area contributed by atoms with Gasteiger partial charge in [0.2, 0.25) is 0 Å². The maximum Gasteiger partial charge on any atom is 0.194 e. The van der Waals surface area contributed by atoms with Crippen LogP contribution in [-0.4, -0.2) is 11.6 Å². The molecule has 0 saturated carbocycles. The lowest BCUT2D eigenvalue weighted by Crippen LogP contribution is -1.95. The number of hydrogen-bond donors (Lipinski definition) is 0. The van der Waals surface area contributed by atoms with Gasteiger partial charge in [-0.15, -0.1) is 0 Å². The minimum atomic E-state index is 0.0366. The molecule has 2 aromatic heterocycles.